The Balaban J connectivity index is 1.56. The average Bonchev–Trinajstić information content (AvgIpc) is 3.08. The Kier molecular flexibility index (Phi) is 6.66. The predicted octanol–water partition coefficient (Wildman–Crippen LogP) is 2.42. The van der Waals surface area contributed by atoms with E-state index in [0.29, 0.717) is 41.6 Å². The standard InChI is InChI=1S/C19H23N3O5S2/c1-13-16(18(24)27-2)28-19(20-13)21-17(23)15-8-10-22(11-9-15)29(25,26)12-14-6-4-3-5-7-14/h3-7,15H,8-12H2,1-2H3,(H,20,21,23). The number of ether oxygens (including phenoxy) is 1. The fraction of sp³-hybridized carbons (Fsp3) is 0.421. The van der Waals surface area contributed by atoms with E-state index < -0.39 is 16.0 Å². The lowest BCUT2D eigenvalue weighted by Gasteiger charge is -2.30. The van der Waals surface area contributed by atoms with Crippen LogP contribution in [0.4, 0.5) is 5.13 Å². The third kappa shape index (κ3) is 5.20. The van der Waals surface area contributed by atoms with Gasteiger partial charge in [-0.05, 0) is 25.3 Å². The van der Waals surface area contributed by atoms with Gasteiger partial charge in [-0.2, -0.15) is 0 Å². The molecule has 3 rings (SSSR count). The highest BCUT2D eigenvalue weighted by molar-refractivity contribution is 7.88. The van der Waals surface area contributed by atoms with Crippen LogP contribution in [-0.2, 0) is 25.3 Å². The molecule has 0 spiro atoms. The molecule has 1 fully saturated rings. The summed E-state index contributed by atoms with van der Waals surface area (Å²) in [5.74, 6) is -1.05. The van der Waals surface area contributed by atoms with Gasteiger partial charge < -0.3 is 10.1 Å². The summed E-state index contributed by atoms with van der Waals surface area (Å²) in [6, 6.07) is 9.05. The van der Waals surface area contributed by atoms with Crippen LogP contribution < -0.4 is 5.32 Å². The lowest BCUT2D eigenvalue weighted by Crippen LogP contribution is -2.41. The number of nitrogens with zero attached hydrogens (tertiary/aromatic N) is 2. The molecule has 0 bridgehead atoms. The number of methoxy groups -OCH3 is 1. The number of hydrogen-bond donors (Lipinski definition) is 1. The quantitative estimate of drug-likeness (QED) is 0.696. The number of benzene rings is 1. The summed E-state index contributed by atoms with van der Waals surface area (Å²) in [6.07, 6.45) is 0.877. The van der Waals surface area contributed by atoms with Crippen LogP contribution in [0.25, 0.3) is 0 Å². The molecule has 2 aromatic rings. The van der Waals surface area contributed by atoms with Gasteiger partial charge in [-0.25, -0.2) is 22.5 Å². The van der Waals surface area contributed by atoms with Crippen molar-refractivity contribution in [2.75, 3.05) is 25.5 Å². The molecule has 0 saturated carbocycles. The van der Waals surface area contributed by atoms with Gasteiger partial charge in [0.2, 0.25) is 15.9 Å². The second-order valence-electron chi connectivity index (χ2n) is 6.83. The van der Waals surface area contributed by atoms with E-state index in [2.05, 4.69) is 10.3 Å². The van der Waals surface area contributed by atoms with Gasteiger partial charge in [-0.3, -0.25) is 4.79 Å². The van der Waals surface area contributed by atoms with Crippen LogP contribution in [0, 0.1) is 12.8 Å². The lowest BCUT2D eigenvalue weighted by atomic mass is 9.97. The molecule has 1 aromatic carbocycles. The number of aryl methyl sites for hydroxylation is 1. The van der Waals surface area contributed by atoms with Crippen LogP contribution in [0.3, 0.4) is 0 Å². The van der Waals surface area contributed by atoms with E-state index in [0.717, 1.165) is 16.9 Å². The number of rotatable bonds is 6. The molecule has 1 N–H and O–H groups in total. The molecule has 1 aliphatic rings. The maximum atomic E-state index is 12.6. The summed E-state index contributed by atoms with van der Waals surface area (Å²) in [6.45, 7) is 2.28. The zero-order valence-electron chi connectivity index (χ0n) is 16.3. The number of nitrogens with one attached hydrogen (secondary N) is 1. The van der Waals surface area contributed by atoms with E-state index in [9.17, 15) is 18.0 Å². The highest BCUT2D eigenvalue weighted by atomic mass is 32.2. The number of anilines is 1. The fourth-order valence-electron chi connectivity index (χ4n) is 3.21. The van der Waals surface area contributed by atoms with Gasteiger partial charge in [0.05, 0.1) is 18.6 Å². The number of esters is 1. The van der Waals surface area contributed by atoms with Crippen LogP contribution in [0.15, 0.2) is 30.3 Å². The van der Waals surface area contributed by atoms with E-state index in [1.807, 2.05) is 18.2 Å². The second-order valence-corrected chi connectivity index (χ2v) is 9.80. The van der Waals surface area contributed by atoms with Crippen molar-refractivity contribution in [3.8, 4) is 0 Å². The number of piperidine rings is 1. The Bertz CT molecular complexity index is 981. The normalized spacial score (nSPS) is 15.8. The first-order valence-corrected chi connectivity index (χ1v) is 11.6. The number of sulfonamides is 1. The van der Waals surface area contributed by atoms with Crippen LogP contribution in [0.5, 0.6) is 0 Å². The molecule has 1 aromatic heterocycles. The molecule has 10 heteroatoms. The zero-order valence-corrected chi connectivity index (χ0v) is 17.9. The van der Waals surface area contributed by atoms with Crippen molar-refractivity contribution >= 4 is 38.4 Å². The third-order valence-corrected chi connectivity index (χ3v) is 7.71. The molecule has 0 radical (unpaired) electrons. The van der Waals surface area contributed by atoms with Crippen molar-refractivity contribution in [1.29, 1.82) is 0 Å². The maximum Gasteiger partial charge on any atom is 0.350 e. The summed E-state index contributed by atoms with van der Waals surface area (Å²) in [5.41, 5.74) is 1.24. The molecule has 8 nitrogen and oxygen atoms in total. The topological polar surface area (TPSA) is 106 Å². The minimum Gasteiger partial charge on any atom is -0.465 e. The molecule has 0 atom stereocenters. The van der Waals surface area contributed by atoms with Gasteiger partial charge in [-0.1, -0.05) is 41.7 Å². The summed E-state index contributed by atoms with van der Waals surface area (Å²) < 4.78 is 31.4. The van der Waals surface area contributed by atoms with Crippen molar-refractivity contribution in [3.63, 3.8) is 0 Å². The third-order valence-electron chi connectivity index (χ3n) is 4.81. The largest absolute Gasteiger partial charge is 0.465 e. The van der Waals surface area contributed by atoms with Crippen molar-refractivity contribution in [2.45, 2.75) is 25.5 Å². The van der Waals surface area contributed by atoms with Gasteiger partial charge in [0, 0.05) is 19.0 Å². The Morgan fingerprint density at radius 3 is 2.52 bits per heavy atom. The van der Waals surface area contributed by atoms with Gasteiger partial charge in [0.25, 0.3) is 0 Å². The molecule has 0 aliphatic carbocycles. The molecule has 2 heterocycles. The van der Waals surface area contributed by atoms with E-state index in [4.69, 9.17) is 4.74 Å². The average molecular weight is 438 g/mol. The van der Waals surface area contributed by atoms with E-state index in [-0.39, 0.29) is 17.6 Å². The highest BCUT2D eigenvalue weighted by Crippen LogP contribution is 2.26. The van der Waals surface area contributed by atoms with E-state index >= 15 is 0 Å². The molecular weight excluding hydrogens is 414 g/mol. The summed E-state index contributed by atoms with van der Waals surface area (Å²) >= 11 is 1.07. The van der Waals surface area contributed by atoms with Crippen molar-refractivity contribution in [1.82, 2.24) is 9.29 Å². The number of aromatic nitrogens is 1. The van der Waals surface area contributed by atoms with Crippen molar-refractivity contribution < 1.29 is 22.7 Å². The van der Waals surface area contributed by atoms with E-state index in [1.165, 1.54) is 11.4 Å². The first-order valence-electron chi connectivity index (χ1n) is 9.18. The number of carbonyl (C=O) groups excluding carboxylic acids is 2. The van der Waals surface area contributed by atoms with Crippen molar-refractivity contribution in [2.24, 2.45) is 5.92 Å². The molecule has 1 saturated heterocycles. The van der Waals surface area contributed by atoms with Crippen LogP contribution in [0.2, 0.25) is 0 Å². The zero-order chi connectivity index (χ0) is 21.0. The minimum atomic E-state index is -3.42. The predicted molar refractivity (Wildman–Crippen MR) is 110 cm³/mol. The van der Waals surface area contributed by atoms with Crippen LogP contribution in [-0.4, -0.2) is 49.8 Å². The Morgan fingerprint density at radius 2 is 1.90 bits per heavy atom. The Hall–Kier alpha value is -2.30. The molecule has 1 aliphatic heterocycles. The van der Waals surface area contributed by atoms with Gasteiger partial charge >= 0.3 is 5.97 Å². The molecular formula is C19H23N3O5S2. The van der Waals surface area contributed by atoms with Gasteiger partial charge in [0.1, 0.15) is 4.88 Å². The monoisotopic (exact) mass is 437 g/mol. The summed E-state index contributed by atoms with van der Waals surface area (Å²) in [7, 11) is -2.13. The molecule has 0 unspecified atom stereocenters. The fourth-order valence-corrected chi connectivity index (χ4v) is 5.66. The second kappa shape index (κ2) is 9.02. The summed E-state index contributed by atoms with van der Waals surface area (Å²) in [5, 5.41) is 3.08. The number of carbonyl (C=O) groups is 2. The SMILES string of the molecule is COC(=O)c1sc(NC(=O)C2CCN(S(=O)(=O)Cc3ccccc3)CC2)nc1C. The van der Waals surface area contributed by atoms with Crippen LogP contribution in [0.1, 0.15) is 33.8 Å². The molecule has 156 valence electrons. The Morgan fingerprint density at radius 1 is 1.24 bits per heavy atom. The molecule has 29 heavy (non-hydrogen) atoms. The Labute approximate surface area is 173 Å². The number of amides is 1. The molecule has 1 amide bonds. The minimum absolute atomic E-state index is 0.0423. The van der Waals surface area contributed by atoms with Gasteiger partial charge in [0.15, 0.2) is 5.13 Å². The number of hydrogen-bond acceptors (Lipinski definition) is 7. The van der Waals surface area contributed by atoms with E-state index in [1.54, 1.807) is 19.1 Å². The first kappa shape index (κ1) is 21.4. The summed E-state index contributed by atoms with van der Waals surface area (Å²) in [4.78, 5) is 28.8. The first-order chi connectivity index (χ1) is 13.8. The lowest BCUT2D eigenvalue weighted by molar-refractivity contribution is -0.120. The van der Waals surface area contributed by atoms with Crippen molar-refractivity contribution in [3.05, 3.63) is 46.5 Å². The smallest absolute Gasteiger partial charge is 0.350 e. The maximum absolute atomic E-state index is 12.6. The highest BCUT2D eigenvalue weighted by Gasteiger charge is 2.31. The van der Waals surface area contributed by atoms with Gasteiger partial charge in [-0.15, -0.1) is 0 Å². The van der Waals surface area contributed by atoms with Crippen LogP contribution >= 0.6 is 11.3 Å². The number of thiazole rings is 1.